The zero-order valence-corrected chi connectivity index (χ0v) is 16.9. The fraction of sp³-hybridized carbons (Fsp3) is 0.238. The van der Waals surface area contributed by atoms with Crippen LogP contribution in [0.1, 0.15) is 11.4 Å². The van der Waals surface area contributed by atoms with Crippen molar-refractivity contribution in [3.05, 3.63) is 64.9 Å². The average Bonchev–Trinajstić information content (AvgIpc) is 2.67. The monoisotopic (exact) mass is 398 g/mol. The van der Waals surface area contributed by atoms with Crippen LogP contribution in [0.3, 0.4) is 0 Å². The Kier molecular flexibility index (Phi) is 6.55. The second-order valence-electron chi connectivity index (χ2n) is 6.19. The molecular weight excluding hydrogens is 376 g/mol. The molecule has 0 aliphatic carbocycles. The largest absolute Gasteiger partial charge is 0.493 e. The fourth-order valence-corrected chi connectivity index (χ4v) is 3.02. The quantitative estimate of drug-likeness (QED) is 0.565. The minimum Gasteiger partial charge on any atom is -0.493 e. The van der Waals surface area contributed by atoms with E-state index in [9.17, 15) is 0 Å². The van der Waals surface area contributed by atoms with Gasteiger partial charge in [-0.1, -0.05) is 23.7 Å². The van der Waals surface area contributed by atoms with Crippen LogP contribution >= 0.6 is 11.6 Å². The predicted molar refractivity (Wildman–Crippen MR) is 113 cm³/mol. The van der Waals surface area contributed by atoms with Gasteiger partial charge in [-0.3, -0.25) is 0 Å². The molecule has 1 heterocycles. The molecule has 0 atom stereocenters. The van der Waals surface area contributed by atoms with Crippen LogP contribution in [0.4, 0.5) is 17.3 Å². The van der Waals surface area contributed by atoms with Gasteiger partial charge in [0.2, 0.25) is 0 Å². The number of aromatic nitrogens is 2. The minimum absolute atomic E-state index is 0.651. The minimum atomic E-state index is 0.651. The number of ether oxygens (including phenoxy) is 2. The maximum Gasteiger partial charge on any atom is 0.162 e. The molecule has 0 fully saturated rings. The van der Waals surface area contributed by atoms with Gasteiger partial charge in [-0.25, -0.2) is 9.97 Å². The molecule has 2 N–H and O–H groups in total. The van der Waals surface area contributed by atoms with Gasteiger partial charge >= 0.3 is 0 Å². The van der Waals surface area contributed by atoms with Gasteiger partial charge in [0.25, 0.3) is 0 Å². The SMILES string of the molecule is COc1ccc(Nc2cc(NCCc3cccc(Cl)c3)nc(C)n2)cc1OC. The van der Waals surface area contributed by atoms with Gasteiger partial charge in [-0.15, -0.1) is 0 Å². The molecule has 0 saturated carbocycles. The van der Waals surface area contributed by atoms with Crippen LogP contribution in [0, 0.1) is 6.92 Å². The lowest BCUT2D eigenvalue weighted by atomic mass is 10.1. The Bertz CT molecular complexity index is 949. The molecule has 2 aromatic carbocycles. The summed E-state index contributed by atoms with van der Waals surface area (Å²) >= 11 is 6.03. The molecule has 7 heteroatoms. The second kappa shape index (κ2) is 9.28. The summed E-state index contributed by atoms with van der Waals surface area (Å²) in [5.41, 5.74) is 2.02. The molecule has 28 heavy (non-hydrogen) atoms. The lowest BCUT2D eigenvalue weighted by Gasteiger charge is -2.12. The molecule has 0 amide bonds. The van der Waals surface area contributed by atoms with Crippen molar-refractivity contribution in [1.29, 1.82) is 0 Å². The van der Waals surface area contributed by atoms with Crippen molar-refractivity contribution in [2.75, 3.05) is 31.4 Å². The summed E-state index contributed by atoms with van der Waals surface area (Å²) in [6, 6.07) is 15.4. The van der Waals surface area contributed by atoms with E-state index < -0.39 is 0 Å². The van der Waals surface area contributed by atoms with Crippen molar-refractivity contribution < 1.29 is 9.47 Å². The normalized spacial score (nSPS) is 10.4. The van der Waals surface area contributed by atoms with E-state index >= 15 is 0 Å². The molecule has 3 aromatic rings. The molecule has 0 aliphatic rings. The Hall–Kier alpha value is -2.99. The van der Waals surface area contributed by atoms with Crippen LogP contribution < -0.4 is 20.1 Å². The number of anilines is 3. The molecular formula is C21H23ClN4O2. The van der Waals surface area contributed by atoms with Crippen molar-refractivity contribution in [2.24, 2.45) is 0 Å². The van der Waals surface area contributed by atoms with Gasteiger partial charge < -0.3 is 20.1 Å². The van der Waals surface area contributed by atoms with Gasteiger partial charge in [0.1, 0.15) is 17.5 Å². The lowest BCUT2D eigenvalue weighted by molar-refractivity contribution is 0.355. The van der Waals surface area contributed by atoms with Gasteiger partial charge in [-0.05, 0) is 43.2 Å². The number of hydrogen-bond donors (Lipinski definition) is 2. The number of rotatable bonds is 8. The highest BCUT2D eigenvalue weighted by Gasteiger charge is 2.07. The highest BCUT2D eigenvalue weighted by atomic mass is 35.5. The Labute approximate surface area is 169 Å². The summed E-state index contributed by atoms with van der Waals surface area (Å²) in [6.07, 6.45) is 0.849. The number of methoxy groups -OCH3 is 2. The Balaban J connectivity index is 1.67. The lowest BCUT2D eigenvalue weighted by Crippen LogP contribution is -2.08. The molecule has 6 nitrogen and oxygen atoms in total. The Morgan fingerprint density at radius 1 is 0.929 bits per heavy atom. The summed E-state index contributed by atoms with van der Waals surface area (Å²) in [5, 5.41) is 7.37. The van der Waals surface area contributed by atoms with Crippen molar-refractivity contribution >= 4 is 28.9 Å². The Morgan fingerprint density at radius 2 is 1.71 bits per heavy atom. The number of benzene rings is 2. The van der Waals surface area contributed by atoms with Crippen molar-refractivity contribution in [3.8, 4) is 11.5 Å². The van der Waals surface area contributed by atoms with E-state index in [1.165, 1.54) is 5.56 Å². The molecule has 0 saturated heterocycles. The first-order valence-corrected chi connectivity index (χ1v) is 9.28. The topological polar surface area (TPSA) is 68.3 Å². The number of nitrogens with zero attached hydrogens (tertiary/aromatic N) is 2. The average molecular weight is 399 g/mol. The summed E-state index contributed by atoms with van der Waals surface area (Å²) < 4.78 is 10.6. The molecule has 0 unspecified atom stereocenters. The number of aryl methyl sites for hydroxylation is 1. The van der Waals surface area contributed by atoms with E-state index in [0.717, 1.165) is 29.5 Å². The maximum atomic E-state index is 6.03. The first kappa shape index (κ1) is 19.8. The van der Waals surface area contributed by atoms with Crippen molar-refractivity contribution in [1.82, 2.24) is 9.97 Å². The molecule has 146 valence electrons. The fourth-order valence-electron chi connectivity index (χ4n) is 2.81. The smallest absolute Gasteiger partial charge is 0.162 e. The molecule has 0 radical (unpaired) electrons. The summed E-state index contributed by atoms with van der Waals surface area (Å²) in [4.78, 5) is 8.91. The van der Waals surface area contributed by atoms with Crippen LogP contribution in [0.2, 0.25) is 5.02 Å². The number of hydrogen-bond acceptors (Lipinski definition) is 6. The molecule has 3 rings (SSSR count). The highest BCUT2D eigenvalue weighted by Crippen LogP contribution is 2.31. The van der Waals surface area contributed by atoms with Gasteiger partial charge in [0.05, 0.1) is 14.2 Å². The zero-order chi connectivity index (χ0) is 19.9. The predicted octanol–water partition coefficient (Wildman–Crippen LogP) is 4.85. The first-order valence-electron chi connectivity index (χ1n) is 8.90. The van der Waals surface area contributed by atoms with Crippen LogP contribution in [-0.4, -0.2) is 30.7 Å². The van der Waals surface area contributed by atoms with Crippen LogP contribution in [0.15, 0.2) is 48.5 Å². The first-order chi connectivity index (χ1) is 13.6. The summed E-state index contributed by atoms with van der Waals surface area (Å²) in [5.74, 6) is 3.46. The van der Waals surface area contributed by atoms with E-state index in [2.05, 4.69) is 26.7 Å². The number of halogens is 1. The highest BCUT2D eigenvalue weighted by molar-refractivity contribution is 6.30. The third kappa shape index (κ3) is 5.27. The van der Waals surface area contributed by atoms with Crippen molar-refractivity contribution in [3.63, 3.8) is 0 Å². The maximum absolute atomic E-state index is 6.03. The van der Waals surface area contributed by atoms with Crippen LogP contribution in [-0.2, 0) is 6.42 Å². The second-order valence-corrected chi connectivity index (χ2v) is 6.62. The Morgan fingerprint density at radius 3 is 2.46 bits per heavy atom. The van der Waals surface area contributed by atoms with E-state index in [-0.39, 0.29) is 0 Å². The van der Waals surface area contributed by atoms with E-state index in [0.29, 0.717) is 23.1 Å². The zero-order valence-electron chi connectivity index (χ0n) is 16.1. The molecule has 0 spiro atoms. The molecule has 1 aromatic heterocycles. The van der Waals surface area contributed by atoms with Crippen LogP contribution in [0.5, 0.6) is 11.5 Å². The van der Waals surface area contributed by atoms with E-state index in [4.69, 9.17) is 21.1 Å². The molecule has 0 bridgehead atoms. The van der Waals surface area contributed by atoms with Crippen LogP contribution in [0.25, 0.3) is 0 Å². The van der Waals surface area contributed by atoms with Crippen molar-refractivity contribution in [2.45, 2.75) is 13.3 Å². The van der Waals surface area contributed by atoms with E-state index in [1.807, 2.05) is 49.4 Å². The third-order valence-electron chi connectivity index (χ3n) is 4.10. The van der Waals surface area contributed by atoms with Gasteiger partial charge in [-0.2, -0.15) is 0 Å². The standard InChI is InChI=1S/C21H23ClN4O2/c1-14-24-20(23-10-9-15-5-4-6-16(22)11-15)13-21(25-14)26-17-7-8-18(27-2)19(12-17)28-3/h4-8,11-13H,9-10H2,1-3H3,(H2,23,24,25,26). The third-order valence-corrected chi connectivity index (χ3v) is 4.34. The summed E-state index contributed by atoms with van der Waals surface area (Å²) in [7, 11) is 3.22. The van der Waals surface area contributed by atoms with E-state index in [1.54, 1.807) is 14.2 Å². The summed E-state index contributed by atoms with van der Waals surface area (Å²) in [6.45, 7) is 2.61. The molecule has 0 aliphatic heterocycles. The number of nitrogens with one attached hydrogen (secondary N) is 2. The van der Waals surface area contributed by atoms with Gasteiger partial charge in [0.15, 0.2) is 11.5 Å². The van der Waals surface area contributed by atoms with Gasteiger partial charge in [0, 0.05) is 29.4 Å².